The Labute approximate surface area is 130 Å². The van der Waals surface area contributed by atoms with Gasteiger partial charge in [-0.1, -0.05) is 26.3 Å². The highest BCUT2D eigenvalue weighted by molar-refractivity contribution is 5.87. The van der Waals surface area contributed by atoms with Crippen molar-refractivity contribution in [2.75, 3.05) is 6.61 Å². The first-order valence-electron chi connectivity index (χ1n) is 7.50. The minimum Gasteiger partial charge on any atom is -0.427 e. The Morgan fingerprint density at radius 1 is 1.27 bits per heavy atom. The van der Waals surface area contributed by atoms with Gasteiger partial charge in [0.2, 0.25) is 5.79 Å². The molecule has 1 aliphatic heterocycles. The van der Waals surface area contributed by atoms with Gasteiger partial charge in [-0.2, -0.15) is 0 Å². The average Bonchev–Trinajstić information content (AvgIpc) is 2.48. The second kappa shape index (κ2) is 8.03. The molecule has 1 saturated heterocycles. The summed E-state index contributed by atoms with van der Waals surface area (Å²) in [5, 5.41) is 39.3. The van der Waals surface area contributed by atoms with Crippen molar-refractivity contribution in [3.63, 3.8) is 0 Å². The van der Waals surface area contributed by atoms with E-state index in [4.69, 9.17) is 9.47 Å². The van der Waals surface area contributed by atoms with Gasteiger partial charge in [-0.25, -0.2) is 4.79 Å². The van der Waals surface area contributed by atoms with Crippen LogP contribution >= 0.6 is 0 Å². The van der Waals surface area contributed by atoms with Gasteiger partial charge in [0.15, 0.2) is 0 Å². The Kier molecular flexibility index (Phi) is 6.96. The molecule has 0 aromatic heterocycles. The van der Waals surface area contributed by atoms with Crippen molar-refractivity contribution < 1.29 is 34.7 Å². The van der Waals surface area contributed by atoms with Crippen molar-refractivity contribution in [3.8, 4) is 0 Å². The molecule has 0 aliphatic carbocycles. The van der Waals surface area contributed by atoms with Gasteiger partial charge >= 0.3 is 5.97 Å². The van der Waals surface area contributed by atoms with E-state index in [1.165, 1.54) is 6.92 Å². The van der Waals surface area contributed by atoms with Crippen molar-refractivity contribution >= 4 is 5.97 Å². The van der Waals surface area contributed by atoms with Crippen LogP contribution in [0.25, 0.3) is 0 Å². The molecule has 7 heteroatoms. The van der Waals surface area contributed by atoms with E-state index >= 15 is 0 Å². The van der Waals surface area contributed by atoms with Crippen molar-refractivity contribution in [3.05, 3.63) is 12.2 Å². The van der Waals surface area contributed by atoms with Crippen molar-refractivity contribution in [1.29, 1.82) is 0 Å². The summed E-state index contributed by atoms with van der Waals surface area (Å²) in [4.78, 5) is 11.9. The smallest absolute Gasteiger partial charge is 0.335 e. The van der Waals surface area contributed by atoms with Crippen LogP contribution in [0.5, 0.6) is 0 Å². The van der Waals surface area contributed by atoms with Crippen LogP contribution < -0.4 is 0 Å². The second-order valence-electron chi connectivity index (χ2n) is 5.70. The number of ether oxygens (including phenoxy) is 2. The summed E-state index contributed by atoms with van der Waals surface area (Å²) in [6, 6.07) is 0. The van der Waals surface area contributed by atoms with Crippen molar-refractivity contribution in [2.45, 2.75) is 69.7 Å². The number of hydrogen-bond donors (Lipinski definition) is 4. The highest BCUT2D eigenvalue weighted by atomic mass is 16.7. The summed E-state index contributed by atoms with van der Waals surface area (Å²) in [5.41, 5.74) is 0.117. The maximum absolute atomic E-state index is 11.9. The summed E-state index contributed by atoms with van der Waals surface area (Å²) < 4.78 is 10.7. The lowest BCUT2D eigenvalue weighted by atomic mass is 9.89. The second-order valence-corrected chi connectivity index (χ2v) is 5.70. The molecule has 0 bridgehead atoms. The molecular weight excluding hydrogens is 292 g/mol. The normalized spacial score (nSPS) is 35.2. The predicted molar refractivity (Wildman–Crippen MR) is 77.8 cm³/mol. The van der Waals surface area contributed by atoms with Crippen LogP contribution in [-0.2, 0) is 14.3 Å². The van der Waals surface area contributed by atoms with E-state index in [0.29, 0.717) is 6.42 Å². The lowest BCUT2D eigenvalue weighted by Crippen LogP contribution is -2.66. The van der Waals surface area contributed by atoms with Gasteiger partial charge in [-0.15, -0.1) is 0 Å². The number of unbranched alkanes of at least 4 members (excludes halogenated alkanes) is 2. The highest BCUT2D eigenvalue weighted by Gasteiger charge is 2.55. The zero-order chi connectivity index (χ0) is 16.9. The number of hydrogen-bond acceptors (Lipinski definition) is 7. The van der Waals surface area contributed by atoms with E-state index in [0.717, 1.165) is 12.8 Å². The van der Waals surface area contributed by atoms with E-state index in [9.17, 15) is 25.2 Å². The maximum Gasteiger partial charge on any atom is 0.335 e. The summed E-state index contributed by atoms with van der Waals surface area (Å²) >= 11 is 0. The Morgan fingerprint density at radius 3 is 2.41 bits per heavy atom. The van der Waals surface area contributed by atoms with Gasteiger partial charge in [0.25, 0.3) is 0 Å². The van der Waals surface area contributed by atoms with Crippen molar-refractivity contribution in [1.82, 2.24) is 0 Å². The van der Waals surface area contributed by atoms with Crippen LogP contribution in [0.4, 0.5) is 0 Å². The van der Waals surface area contributed by atoms with Crippen LogP contribution in [0.15, 0.2) is 12.2 Å². The lowest BCUT2D eigenvalue weighted by Gasteiger charge is -2.47. The quantitative estimate of drug-likeness (QED) is 0.293. The number of esters is 1. The molecule has 0 radical (unpaired) electrons. The lowest BCUT2D eigenvalue weighted by molar-refractivity contribution is -0.353. The Balaban J connectivity index is 3.04. The van der Waals surface area contributed by atoms with Crippen LogP contribution in [0.1, 0.15) is 39.5 Å². The van der Waals surface area contributed by atoms with E-state index in [2.05, 4.69) is 6.58 Å². The molecule has 0 saturated carbocycles. The van der Waals surface area contributed by atoms with Crippen LogP contribution in [-0.4, -0.2) is 63.2 Å². The zero-order valence-electron chi connectivity index (χ0n) is 13.1. The summed E-state index contributed by atoms with van der Waals surface area (Å²) in [7, 11) is 0. The largest absolute Gasteiger partial charge is 0.427 e. The summed E-state index contributed by atoms with van der Waals surface area (Å²) in [5.74, 6) is -2.58. The molecule has 0 aromatic carbocycles. The number of carbonyl (C=O) groups is 1. The zero-order valence-corrected chi connectivity index (χ0v) is 13.1. The van der Waals surface area contributed by atoms with E-state index in [1.54, 1.807) is 0 Å². The van der Waals surface area contributed by atoms with Gasteiger partial charge in [-0.05, 0) is 13.3 Å². The monoisotopic (exact) mass is 318 g/mol. The average molecular weight is 318 g/mol. The number of aliphatic hydroxyl groups excluding tert-OH is 4. The number of aliphatic hydroxyl groups is 4. The molecule has 1 heterocycles. The van der Waals surface area contributed by atoms with Crippen LogP contribution in [0.2, 0.25) is 0 Å². The third-order valence-corrected chi connectivity index (χ3v) is 3.78. The number of carbonyl (C=O) groups excluding carboxylic acids is 1. The topological polar surface area (TPSA) is 116 Å². The molecule has 1 aliphatic rings. The molecule has 1 fully saturated rings. The maximum atomic E-state index is 11.9. The third kappa shape index (κ3) is 4.05. The molecule has 1 unspecified atom stereocenters. The van der Waals surface area contributed by atoms with E-state index in [1.807, 2.05) is 6.92 Å². The summed E-state index contributed by atoms with van der Waals surface area (Å²) in [6.45, 7) is 6.33. The van der Waals surface area contributed by atoms with Gasteiger partial charge in [0, 0.05) is 12.0 Å². The Hall–Kier alpha value is -0.990. The summed E-state index contributed by atoms with van der Waals surface area (Å²) in [6.07, 6.45) is -3.41. The van der Waals surface area contributed by atoms with E-state index < -0.39 is 42.8 Å². The van der Waals surface area contributed by atoms with Crippen LogP contribution in [0, 0.1) is 0 Å². The molecule has 0 aromatic rings. The minimum atomic E-state index is -1.81. The fraction of sp³-hybridized carbons (Fsp3) is 0.800. The molecule has 128 valence electrons. The first kappa shape index (κ1) is 19.1. The van der Waals surface area contributed by atoms with Crippen LogP contribution in [0.3, 0.4) is 0 Å². The molecule has 5 atom stereocenters. The number of rotatable bonds is 7. The first-order valence-corrected chi connectivity index (χ1v) is 7.50. The predicted octanol–water partition coefficient (Wildman–Crippen LogP) is -0.144. The SMILES string of the molecule is C=C(C)C(=O)OC1(CCCCC)O[C@H](CO)[C@H](O)[C@H](O)[C@H]1O. The minimum absolute atomic E-state index is 0.117. The Morgan fingerprint density at radius 2 is 1.91 bits per heavy atom. The molecule has 0 amide bonds. The molecule has 1 rings (SSSR count). The molecule has 22 heavy (non-hydrogen) atoms. The fourth-order valence-electron chi connectivity index (χ4n) is 2.42. The van der Waals surface area contributed by atoms with Crippen molar-refractivity contribution in [2.24, 2.45) is 0 Å². The highest BCUT2D eigenvalue weighted by Crippen LogP contribution is 2.36. The standard InChI is InChI=1S/C15H26O7/c1-4-5-6-7-15(22-14(20)9(2)3)13(19)12(18)11(17)10(8-16)21-15/h10-13,16-19H,2,4-8H2,1,3H3/t10-,11+,12+,13-,15?/m1/s1. The van der Waals surface area contributed by atoms with Gasteiger partial charge < -0.3 is 29.9 Å². The molecule has 4 N–H and O–H groups in total. The van der Waals surface area contributed by atoms with Gasteiger partial charge in [0.1, 0.15) is 24.4 Å². The molecule has 0 spiro atoms. The van der Waals surface area contributed by atoms with Gasteiger partial charge in [0.05, 0.1) is 6.61 Å². The van der Waals surface area contributed by atoms with Gasteiger partial charge in [-0.3, -0.25) is 0 Å². The molecular formula is C15H26O7. The fourth-order valence-corrected chi connectivity index (χ4v) is 2.42. The first-order chi connectivity index (χ1) is 10.3. The Bertz CT molecular complexity index is 395. The van der Waals surface area contributed by atoms with E-state index in [-0.39, 0.29) is 12.0 Å². The third-order valence-electron chi connectivity index (χ3n) is 3.78. The molecule has 7 nitrogen and oxygen atoms in total.